The summed E-state index contributed by atoms with van der Waals surface area (Å²) in [6, 6.07) is 9.45. The molecule has 0 saturated carbocycles. The molecule has 1 aromatic carbocycles. The number of carbonyl (C=O) groups is 1. The number of aryl methyl sites for hydroxylation is 2. The van der Waals surface area contributed by atoms with Gasteiger partial charge in [0.1, 0.15) is 18.1 Å². The fourth-order valence-electron chi connectivity index (χ4n) is 3.60. The first-order valence-corrected chi connectivity index (χ1v) is 11.2. The molecule has 0 unspecified atom stereocenters. The first kappa shape index (κ1) is 20.9. The highest BCUT2D eigenvalue weighted by Crippen LogP contribution is 2.25. The number of aromatic nitrogens is 2. The van der Waals surface area contributed by atoms with Crippen LogP contribution in [-0.4, -0.2) is 64.6 Å². The summed E-state index contributed by atoms with van der Waals surface area (Å²) in [6.45, 7) is 6.46. The molecule has 158 valence electrons. The number of carbonyl (C=O) groups excluding carboxylic acids is 1. The minimum absolute atomic E-state index is 0.0719. The van der Waals surface area contributed by atoms with Gasteiger partial charge in [-0.1, -0.05) is 23.7 Å². The molecular weight excluding hydrogens is 420 g/mol. The number of benzene rings is 1. The fourth-order valence-corrected chi connectivity index (χ4v) is 4.41. The van der Waals surface area contributed by atoms with Crippen molar-refractivity contribution in [3.63, 3.8) is 0 Å². The van der Waals surface area contributed by atoms with Gasteiger partial charge in [-0.2, -0.15) is 0 Å². The van der Waals surface area contributed by atoms with E-state index in [0.29, 0.717) is 36.2 Å². The van der Waals surface area contributed by atoms with Gasteiger partial charge in [0.25, 0.3) is 5.91 Å². The Hall–Kier alpha value is -2.35. The van der Waals surface area contributed by atoms with E-state index in [0.717, 1.165) is 35.9 Å². The lowest BCUT2D eigenvalue weighted by Gasteiger charge is -2.34. The first-order valence-electron chi connectivity index (χ1n) is 9.99. The zero-order valence-corrected chi connectivity index (χ0v) is 18.7. The number of piperazine rings is 1. The largest absolute Gasteiger partial charge is 0.491 e. The highest BCUT2D eigenvalue weighted by Gasteiger charge is 2.24. The minimum Gasteiger partial charge on any atom is -0.491 e. The summed E-state index contributed by atoms with van der Waals surface area (Å²) in [4.78, 5) is 21.8. The summed E-state index contributed by atoms with van der Waals surface area (Å²) in [5, 5.41) is 3.68. The Labute approximate surface area is 185 Å². The van der Waals surface area contributed by atoms with Crippen LogP contribution in [0.15, 0.2) is 41.9 Å². The SMILES string of the molecule is Cc1nc(-c2cc(C(=O)N3CCN(CCOc4ccccc4Cl)CC3)n(C)c2)cs1. The predicted octanol–water partition coefficient (Wildman–Crippen LogP) is 3.95. The second kappa shape index (κ2) is 9.20. The molecule has 2 aromatic heterocycles. The van der Waals surface area contributed by atoms with Crippen LogP contribution in [0.3, 0.4) is 0 Å². The van der Waals surface area contributed by atoms with Crippen LogP contribution in [0.4, 0.5) is 0 Å². The van der Waals surface area contributed by atoms with Gasteiger partial charge in [-0.25, -0.2) is 4.98 Å². The Balaban J connectivity index is 1.29. The maximum absolute atomic E-state index is 13.0. The molecule has 1 fully saturated rings. The monoisotopic (exact) mass is 444 g/mol. The molecule has 3 heterocycles. The second-order valence-corrected chi connectivity index (χ2v) is 8.86. The van der Waals surface area contributed by atoms with E-state index in [1.807, 2.05) is 65.3 Å². The number of hydrogen-bond donors (Lipinski definition) is 0. The van der Waals surface area contributed by atoms with Gasteiger partial charge in [0.15, 0.2) is 0 Å². The van der Waals surface area contributed by atoms with Gasteiger partial charge in [-0.15, -0.1) is 11.3 Å². The van der Waals surface area contributed by atoms with Crippen LogP contribution in [-0.2, 0) is 7.05 Å². The van der Waals surface area contributed by atoms with E-state index in [1.54, 1.807) is 11.3 Å². The molecule has 1 amide bonds. The van der Waals surface area contributed by atoms with Crippen molar-refractivity contribution in [2.45, 2.75) is 6.92 Å². The third-order valence-electron chi connectivity index (χ3n) is 5.30. The fraction of sp³-hybridized carbons (Fsp3) is 0.364. The van der Waals surface area contributed by atoms with Gasteiger partial charge in [0.05, 0.1) is 15.7 Å². The Bertz CT molecular complexity index is 1020. The molecule has 3 aromatic rings. The Morgan fingerprint density at radius 2 is 2.00 bits per heavy atom. The number of thiazole rings is 1. The van der Waals surface area contributed by atoms with E-state index >= 15 is 0 Å². The number of para-hydroxylation sites is 1. The van der Waals surface area contributed by atoms with Crippen molar-refractivity contribution in [1.82, 2.24) is 19.4 Å². The third-order valence-corrected chi connectivity index (χ3v) is 6.39. The average Bonchev–Trinajstić information content (AvgIpc) is 3.35. The predicted molar refractivity (Wildman–Crippen MR) is 121 cm³/mol. The quantitative estimate of drug-likeness (QED) is 0.577. The zero-order chi connectivity index (χ0) is 21.1. The van der Waals surface area contributed by atoms with Crippen LogP contribution in [0, 0.1) is 6.92 Å². The van der Waals surface area contributed by atoms with Gasteiger partial charge < -0.3 is 14.2 Å². The van der Waals surface area contributed by atoms with Crippen LogP contribution >= 0.6 is 22.9 Å². The van der Waals surface area contributed by atoms with Crippen LogP contribution in [0.1, 0.15) is 15.5 Å². The van der Waals surface area contributed by atoms with Crippen molar-refractivity contribution in [1.29, 1.82) is 0 Å². The van der Waals surface area contributed by atoms with Crippen molar-refractivity contribution in [2.75, 3.05) is 39.3 Å². The molecular formula is C22H25ClN4O2S. The lowest BCUT2D eigenvalue weighted by atomic mass is 10.2. The van der Waals surface area contributed by atoms with Crippen molar-refractivity contribution in [3.05, 3.63) is 57.6 Å². The van der Waals surface area contributed by atoms with E-state index < -0.39 is 0 Å². The number of nitrogens with zero attached hydrogens (tertiary/aromatic N) is 4. The summed E-state index contributed by atoms with van der Waals surface area (Å²) in [6.07, 6.45) is 1.98. The van der Waals surface area contributed by atoms with Gasteiger partial charge in [-0.3, -0.25) is 9.69 Å². The average molecular weight is 445 g/mol. The van der Waals surface area contributed by atoms with E-state index in [9.17, 15) is 4.79 Å². The van der Waals surface area contributed by atoms with Crippen LogP contribution in [0.2, 0.25) is 5.02 Å². The molecule has 4 rings (SSSR count). The smallest absolute Gasteiger partial charge is 0.270 e. The summed E-state index contributed by atoms with van der Waals surface area (Å²) in [7, 11) is 1.91. The molecule has 0 radical (unpaired) electrons. The summed E-state index contributed by atoms with van der Waals surface area (Å²) in [5.41, 5.74) is 2.61. The van der Waals surface area contributed by atoms with Crippen molar-refractivity contribution < 1.29 is 9.53 Å². The Morgan fingerprint density at radius 3 is 2.70 bits per heavy atom. The summed E-state index contributed by atoms with van der Waals surface area (Å²) in [5.74, 6) is 0.783. The highest BCUT2D eigenvalue weighted by molar-refractivity contribution is 7.09. The number of amides is 1. The summed E-state index contributed by atoms with van der Waals surface area (Å²) >= 11 is 7.74. The van der Waals surface area contributed by atoms with Gasteiger partial charge in [0.2, 0.25) is 0 Å². The van der Waals surface area contributed by atoms with Crippen molar-refractivity contribution in [3.8, 4) is 17.0 Å². The van der Waals surface area contributed by atoms with E-state index in [-0.39, 0.29) is 5.91 Å². The molecule has 1 saturated heterocycles. The summed E-state index contributed by atoms with van der Waals surface area (Å²) < 4.78 is 7.68. The van der Waals surface area contributed by atoms with Crippen LogP contribution < -0.4 is 4.74 Å². The Kier molecular flexibility index (Phi) is 6.41. The lowest BCUT2D eigenvalue weighted by Crippen LogP contribution is -2.49. The van der Waals surface area contributed by atoms with Gasteiger partial charge >= 0.3 is 0 Å². The Morgan fingerprint density at radius 1 is 1.23 bits per heavy atom. The molecule has 1 aliphatic heterocycles. The van der Waals surface area contributed by atoms with E-state index in [1.165, 1.54) is 0 Å². The second-order valence-electron chi connectivity index (χ2n) is 7.39. The molecule has 1 aliphatic rings. The number of ether oxygens (including phenoxy) is 1. The molecule has 0 N–H and O–H groups in total. The third kappa shape index (κ3) is 4.69. The lowest BCUT2D eigenvalue weighted by molar-refractivity contribution is 0.0611. The maximum atomic E-state index is 13.0. The number of halogens is 1. The molecule has 0 aliphatic carbocycles. The number of hydrogen-bond acceptors (Lipinski definition) is 5. The minimum atomic E-state index is 0.0719. The first-order chi connectivity index (χ1) is 14.5. The molecule has 8 heteroatoms. The van der Waals surface area contributed by atoms with Gasteiger partial charge in [-0.05, 0) is 25.1 Å². The molecule has 0 spiro atoms. The maximum Gasteiger partial charge on any atom is 0.270 e. The number of rotatable bonds is 6. The van der Waals surface area contributed by atoms with Crippen LogP contribution in [0.25, 0.3) is 11.3 Å². The van der Waals surface area contributed by atoms with Crippen molar-refractivity contribution >= 4 is 28.8 Å². The highest BCUT2D eigenvalue weighted by atomic mass is 35.5. The molecule has 30 heavy (non-hydrogen) atoms. The van der Waals surface area contributed by atoms with Crippen LogP contribution in [0.5, 0.6) is 5.75 Å². The topological polar surface area (TPSA) is 50.6 Å². The zero-order valence-electron chi connectivity index (χ0n) is 17.2. The van der Waals surface area contributed by atoms with Gasteiger partial charge in [0, 0.05) is 56.9 Å². The van der Waals surface area contributed by atoms with Crippen molar-refractivity contribution in [2.24, 2.45) is 7.05 Å². The van der Waals surface area contributed by atoms with E-state index in [2.05, 4.69) is 9.88 Å². The normalized spacial score (nSPS) is 14.8. The molecule has 0 bridgehead atoms. The standard InChI is InChI=1S/C22H25ClN4O2S/c1-16-24-19(15-30-16)17-13-20(25(2)14-17)22(28)27-9-7-26(8-10-27)11-12-29-21-6-4-3-5-18(21)23/h3-6,13-15H,7-12H2,1-2H3. The molecule has 0 atom stereocenters. The molecule has 6 nitrogen and oxygen atoms in total. The van der Waals surface area contributed by atoms with E-state index in [4.69, 9.17) is 16.3 Å².